The molecule has 0 atom stereocenters. The molecule has 0 unspecified atom stereocenters. The zero-order valence-electron chi connectivity index (χ0n) is 14.2. The van der Waals surface area contributed by atoms with E-state index in [9.17, 15) is 31.1 Å². The molecule has 3 rings (SSSR count). The van der Waals surface area contributed by atoms with Gasteiger partial charge in [0, 0.05) is 11.9 Å². The highest BCUT2D eigenvalue weighted by Crippen LogP contribution is 2.39. The molecule has 6 nitrogen and oxygen atoms in total. The lowest BCUT2D eigenvalue weighted by Crippen LogP contribution is -2.21. The van der Waals surface area contributed by atoms with Crippen LogP contribution >= 0.6 is 11.6 Å². The number of ether oxygens (including phenoxy) is 1. The number of aromatic amines is 2. The van der Waals surface area contributed by atoms with E-state index in [1.165, 1.54) is 6.20 Å². The monoisotopic (exact) mass is 438 g/mol. The van der Waals surface area contributed by atoms with Crippen LogP contribution in [0.2, 0.25) is 5.02 Å². The highest BCUT2D eigenvalue weighted by molar-refractivity contribution is 6.31. The molecule has 1 aromatic carbocycles. The Morgan fingerprint density at radius 3 is 2.28 bits per heavy atom. The summed E-state index contributed by atoms with van der Waals surface area (Å²) in [5, 5.41) is -0.684. The molecule has 0 spiro atoms. The van der Waals surface area contributed by atoms with E-state index < -0.39 is 51.5 Å². The maximum atomic E-state index is 13.4. The maximum absolute atomic E-state index is 13.4. The van der Waals surface area contributed by atoms with Gasteiger partial charge >= 0.3 is 12.4 Å². The number of nitrogens with one attached hydrogen (secondary N) is 2. The highest BCUT2D eigenvalue weighted by Gasteiger charge is 2.40. The van der Waals surface area contributed by atoms with Crippen molar-refractivity contribution >= 4 is 11.6 Å². The van der Waals surface area contributed by atoms with E-state index in [-0.39, 0.29) is 5.82 Å². The zero-order valence-corrected chi connectivity index (χ0v) is 14.9. The van der Waals surface area contributed by atoms with Crippen LogP contribution in [0.1, 0.15) is 17.0 Å². The second-order valence-corrected chi connectivity index (χ2v) is 6.15. The molecule has 0 saturated carbocycles. The molecule has 0 radical (unpaired) electrons. The molecule has 154 valence electrons. The van der Waals surface area contributed by atoms with Crippen molar-refractivity contribution in [1.82, 2.24) is 19.9 Å². The van der Waals surface area contributed by atoms with Gasteiger partial charge in [0.05, 0.1) is 10.6 Å². The van der Waals surface area contributed by atoms with Crippen LogP contribution in [0.4, 0.5) is 26.3 Å². The number of imidazole rings is 1. The summed E-state index contributed by atoms with van der Waals surface area (Å²) in [7, 11) is 0. The molecule has 0 saturated heterocycles. The summed E-state index contributed by atoms with van der Waals surface area (Å²) in [4.78, 5) is 24.0. The first kappa shape index (κ1) is 20.7. The van der Waals surface area contributed by atoms with Crippen molar-refractivity contribution in [2.75, 3.05) is 0 Å². The largest absolute Gasteiger partial charge is 0.449 e. The second kappa shape index (κ2) is 7.10. The number of benzene rings is 1. The number of alkyl halides is 6. The number of nitrogens with zero attached hydrogens (tertiary/aromatic N) is 2. The van der Waals surface area contributed by atoms with Crippen molar-refractivity contribution < 1.29 is 31.1 Å². The smallest absolute Gasteiger partial charge is 0.437 e. The van der Waals surface area contributed by atoms with Gasteiger partial charge in [0.1, 0.15) is 5.75 Å². The van der Waals surface area contributed by atoms with Gasteiger partial charge in [-0.05, 0) is 25.1 Å². The first-order valence-electron chi connectivity index (χ1n) is 7.64. The fourth-order valence-corrected chi connectivity index (χ4v) is 2.52. The summed E-state index contributed by atoms with van der Waals surface area (Å²) in [6, 6.07) is 2.06. The van der Waals surface area contributed by atoms with Crippen LogP contribution in [0.25, 0.3) is 11.6 Å². The molecule has 0 aliphatic rings. The number of hydrogen-bond acceptors (Lipinski definition) is 4. The van der Waals surface area contributed by atoms with Crippen molar-refractivity contribution in [2.45, 2.75) is 19.3 Å². The third-order valence-corrected chi connectivity index (χ3v) is 3.87. The van der Waals surface area contributed by atoms with Crippen LogP contribution in [0.15, 0.2) is 29.2 Å². The average Bonchev–Trinajstić information content (AvgIpc) is 3.02. The third-order valence-electron chi connectivity index (χ3n) is 3.54. The predicted molar refractivity (Wildman–Crippen MR) is 88.7 cm³/mol. The van der Waals surface area contributed by atoms with Crippen LogP contribution in [0.3, 0.4) is 0 Å². The van der Waals surface area contributed by atoms with E-state index in [2.05, 4.69) is 19.9 Å². The lowest BCUT2D eigenvalue weighted by molar-refractivity contribution is -0.142. The first-order valence-corrected chi connectivity index (χ1v) is 8.02. The quantitative estimate of drug-likeness (QED) is 0.567. The molecule has 3 aromatic rings. The molecule has 2 aromatic heterocycles. The van der Waals surface area contributed by atoms with Gasteiger partial charge in [-0.1, -0.05) is 11.6 Å². The van der Waals surface area contributed by atoms with Gasteiger partial charge in [-0.15, -0.1) is 0 Å². The lowest BCUT2D eigenvalue weighted by atomic mass is 10.2. The van der Waals surface area contributed by atoms with Crippen LogP contribution in [0, 0.1) is 6.92 Å². The summed E-state index contributed by atoms with van der Waals surface area (Å²) >= 11 is 5.46. The molecule has 2 heterocycles. The number of aryl methyl sites for hydroxylation is 1. The van der Waals surface area contributed by atoms with Crippen molar-refractivity contribution in [2.24, 2.45) is 0 Å². The Kier molecular flexibility index (Phi) is 5.07. The fraction of sp³-hybridized carbons (Fsp3) is 0.188. The van der Waals surface area contributed by atoms with Crippen LogP contribution in [-0.4, -0.2) is 19.9 Å². The molecular weight excluding hydrogens is 430 g/mol. The lowest BCUT2D eigenvalue weighted by Gasteiger charge is -2.14. The number of H-pyrrole nitrogens is 2. The topological polar surface area (TPSA) is 83.7 Å². The number of rotatable bonds is 3. The van der Waals surface area contributed by atoms with Crippen molar-refractivity contribution in [1.29, 1.82) is 0 Å². The summed E-state index contributed by atoms with van der Waals surface area (Å²) in [5.41, 5.74) is -3.93. The molecule has 2 N–H and O–H groups in total. The van der Waals surface area contributed by atoms with E-state index in [1.54, 1.807) is 6.92 Å². The maximum Gasteiger partial charge on any atom is 0.437 e. The van der Waals surface area contributed by atoms with Gasteiger partial charge in [-0.2, -0.15) is 26.3 Å². The van der Waals surface area contributed by atoms with Gasteiger partial charge in [-0.3, -0.25) is 4.79 Å². The SMILES string of the molecule is Cc1cnc(-c2nc(C(F)(F)F)c(Oc3ccc(Cl)c(C(F)(F)F)c3)c(=O)[nH]2)[nH]1. The Hall–Kier alpha value is -3.02. The summed E-state index contributed by atoms with van der Waals surface area (Å²) in [6.45, 7) is 1.58. The van der Waals surface area contributed by atoms with E-state index in [0.29, 0.717) is 11.8 Å². The first-order chi connectivity index (χ1) is 13.4. The van der Waals surface area contributed by atoms with E-state index in [4.69, 9.17) is 16.3 Å². The Balaban J connectivity index is 2.12. The van der Waals surface area contributed by atoms with Gasteiger partial charge in [0.15, 0.2) is 17.3 Å². The predicted octanol–water partition coefficient (Wildman–Crippen LogP) is 4.95. The van der Waals surface area contributed by atoms with Crippen LogP contribution < -0.4 is 10.3 Å². The Morgan fingerprint density at radius 1 is 1.03 bits per heavy atom. The van der Waals surface area contributed by atoms with Crippen LogP contribution in [-0.2, 0) is 12.4 Å². The Labute approximate surface area is 162 Å². The van der Waals surface area contributed by atoms with Crippen LogP contribution in [0.5, 0.6) is 11.5 Å². The third kappa shape index (κ3) is 4.36. The standard InChI is InChI=1S/C16H9ClF6N4O2/c1-6-5-24-12(25-6)13-26-11(16(21,22)23)10(14(28)27-13)29-7-2-3-9(17)8(4-7)15(18,19)20/h2-5H,1H3,(H,24,25)(H,26,27,28). The van der Waals surface area contributed by atoms with Crippen molar-refractivity contribution in [3.05, 3.63) is 56.7 Å². The summed E-state index contributed by atoms with van der Waals surface area (Å²) < 4.78 is 84.0. The summed E-state index contributed by atoms with van der Waals surface area (Å²) in [6.07, 6.45) is -8.71. The number of aromatic nitrogens is 4. The second-order valence-electron chi connectivity index (χ2n) is 5.75. The minimum atomic E-state index is -5.14. The molecule has 13 heteroatoms. The Morgan fingerprint density at radius 2 is 1.72 bits per heavy atom. The average molecular weight is 439 g/mol. The fourth-order valence-electron chi connectivity index (χ4n) is 2.30. The molecule has 0 amide bonds. The number of halogens is 7. The van der Waals surface area contributed by atoms with Crippen molar-refractivity contribution in [3.8, 4) is 23.1 Å². The normalized spacial score (nSPS) is 12.3. The molecule has 0 aliphatic carbocycles. The van der Waals surface area contributed by atoms with Gasteiger partial charge < -0.3 is 14.7 Å². The minimum Gasteiger partial charge on any atom is -0.449 e. The van der Waals surface area contributed by atoms with Gasteiger partial charge in [0.2, 0.25) is 5.75 Å². The van der Waals surface area contributed by atoms with Crippen molar-refractivity contribution in [3.63, 3.8) is 0 Å². The molecule has 0 bridgehead atoms. The van der Waals surface area contributed by atoms with Gasteiger partial charge in [-0.25, -0.2) is 9.97 Å². The molecule has 29 heavy (non-hydrogen) atoms. The zero-order chi connectivity index (χ0) is 21.6. The molecular formula is C16H9ClF6N4O2. The molecule has 0 fully saturated rings. The minimum absolute atomic E-state index is 0.137. The van der Waals surface area contributed by atoms with E-state index in [1.807, 2.05) is 0 Å². The van der Waals surface area contributed by atoms with E-state index >= 15 is 0 Å². The Bertz CT molecular complexity index is 1120. The molecule has 0 aliphatic heterocycles. The van der Waals surface area contributed by atoms with E-state index in [0.717, 1.165) is 12.1 Å². The van der Waals surface area contributed by atoms with Gasteiger partial charge in [0.25, 0.3) is 5.56 Å². The summed E-state index contributed by atoms with van der Waals surface area (Å²) in [5.74, 6) is -2.65. The highest BCUT2D eigenvalue weighted by atomic mass is 35.5. The number of hydrogen-bond donors (Lipinski definition) is 2.